The molecule has 7 aromatic rings. The van der Waals surface area contributed by atoms with Gasteiger partial charge in [0.2, 0.25) is 0 Å². The first kappa shape index (κ1) is 21.7. The third-order valence-corrected chi connectivity index (χ3v) is 9.50. The van der Waals surface area contributed by atoms with Gasteiger partial charge >= 0.3 is 0 Å². The third kappa shape index (κ3) is 3.23. The van der Waals surface area contributed by atoms with Crippen LogP contribution in [0.5, 0.6) is 0 Å². The van der Waals surface area contributed by atoms with Crippen LogP contribution in [-0.2, 0) is 13.2 Å². The maximum Gasteiger partial charge on any atom is 0.0688 e. The normalized spacial score (nSPS) is 11.8. The lowest BCUT2D eigenvalue weighted by molar-refractivity contribution is 0.279. The molecule has 0 aliphatic carbocycles. The highest BCUT2D eigenvalue weighted by Crippen LogP contribution is 2.44. The molecular weight excluding hydrogens is 480 g/mol. The van der Waals surface area contributed by atoms with Crippen molar-refractivity contribution >= 4 is 63.0 Å². The second-order valence-corrected chi connectivity index (χ2v) is 11.1. The van der Waals surface area contributed by atoms with Crippen LogP contribution in [-0.4, -0.2) is 10.2 Å². The van der Waals surface area contributed by atoms with Crippen molar-refractivity contribution < 1.29 is 10.2 Å². The summed E-state index contributed by atoms with van der Waals surface area (Å²) in [6.45, 7) is -0.143. The number of aliphatic hydroxyl groups excluding tert-OH is 2. The molecule has 4 heteroatoms. The first-order valence-corrected chi connectivity index (χ1v) is 13.6. The number of benzene rings is 5. The van der Waals surface area contributed by atoms with Crippen molar-refractivity contribution in [2.24, 2.45) is 0 Å². The molecule has 2 N–H and O–H groups in total. The summed E-state index contributed by atoms with van der Waals surface area (Å²) in [6, 6.07) is 33.9. The Morgan fingerprint density at radius 1 is 0.444 bits per heavy atom. The van der Waals surface area contributed by atoms with Crippen molar-refractivity contribution in [2.75, 3.05) is 0 Å². The van der Waals surface area contributed by atoms with Crippen LogP contribution in [0, 0.1) is 0 Å². The number of rotatable bonds is 4. The van der Waals surface area contributed by atoms with E-state index in [1.807, 2.05) is 0 Å². The zero-order valence-corrected chi connectivity index (χ0v) is 21.0. The number of fused-ring (bicyclic) bond motifs is 6. The van der Waals surface area contributed by atoms with Crippen molar-refractivity contribution in [1.82, 2.24) is 0 Å². The Balaban J connectivity index is 1.49. The van der Waals surface area contributed by atoms with Crippen LogP contribution < -0.4 is 0 Å². The quantitative estimate of drug-likeness (QED) is 0.253. The summed E-state index contributed by atoms with van der Waals surface area (Å²) in [5.74, 6) is 0. The minimum atomic E-state index is -0.0717. The largest absolute Gasteiger partial charge is 0.392 e. The van der Waals surface area contributed by atoms with E-state index in [4.69, 9.17) is 0 Å². The summed E-state index contributed by atoms with van der Waals surface area (Å²) in [5.41, 5.74) is 5.88. The molecule has 0 aliphatic heterocycles. The van der Waals surface area contributed by atoms with Gasteiger partial charge in [0.05, 0.1) is 13.2 Å². The lowest BCUT2D eigenvalue weighted by Crippen LogP contribution is -1.97. The fourth-order valence-corrected chi connectivity index (χ4v) is 7.83. The molecule has 0 saturated heterocycles. The molecule has 0 radical (unpaired) electrons. The van der Waals surface area contributed by atoms with E-state index in [2.05, 4.69) is 97.1 Å². The summed E-state index contributed by atoms with van der Waals surface area (Å²) in [7, 11) is 0. The van der Waals surface area contributed by atoms with Gasteiger partial charge in [0.1, 0.15) is 0 Å². The Labute approximate surface area is 216 Å². The smallest absolute Gasteiger partial charge is 0.0688 e. The lowest BCUT2D eigenvalue weighted by Gasteiger charge is -2.16. The molecule has 0 unspecified atom stereocenters. The van der Waals surface area contributed by atoms with E-state index >= 15 is 0 Å². The number of hydrogen-bond donors (Lipinski definition) is 2. The van der Waals surface area contributed by atoms with Crippen molar-refractivity contribution in [2.45, 2.75) is 13.2 Å². The van der Waals surface area contributed by atoms with Crippen LogP contribution >= 0.6 is 22.7 Å². The van der Waals surface area contributed by atoms with Crippen LogP contribution in [0.1, 0.15) is 11.1 Å². The van der Waals surface area contributed by atoms with E-state index in [0.717, 1.165) is 33.4 Å². The van der Waals surface area contributed by atoms with Crippen molar-refractivity contribution in [3.8, 4) is 22.3 Å². The Bertz CT molecular complexity index is 1780. The van der Waals surface area contributed by atoms with E-state index in [1.165, 1.54) is 40.3 Å². The third-order valence-electron chi connectivity index (χ3n) is 7.06. The lowest BCUT2D eigenvalue weighted by atomic mass is 9.90. The van der Waals surface area contributed by atoms with Gasteiger partial charge in [0.25, 0.3) is 0 Å². The molecule has 0 spiro atoms. The molecule has 0 saturated carbocycles. The van der Waals surface area contributed by atoms with Crippen LogP contribution in [0.3, 0.4) is 0 Å². The van der Waals surface area contributed by atoms with Crippen LogP contribution in [0.4, 0.5) is 0 Å². The van der Waals surface area contributed by atoms with Gasteiger partial charge in [-0.1, -0.05) is 72.8 Å². The second-order valence-electron chi connectivity index (χ2n) is 9.04. The zero-order chi connectivity index (χ0) is 24.2. The molecule has 0 fully saturated rings. The minimum Gasteiger partial charge on any atom is -0.392 e. The first-order valence-electron chi connectivity index (χ1n) is 12.0. The fourth-order valence-electron chi connectivity index (χ4n) is 5.37. The molecule has 0 amide bonds. The monoisotopic (exact) mass is 502 g/mol. The van der Waals surface area contributed by atoms with Gasteiger partial charge in [-0.25, -0.2) is 0 Å². The van der Waals surface area contributed by atoms with Crippen LogP contribution in [0.2, 0.25) is 0 Å². The van der Waals surface area contributed by atoms with Gasteiger partial charge in [-0.3, -0.25) is 0 Å². The molecule has 2 aromatic heterocycles. The highest BCUT2D eigenvalue weighted by atomic mass is 32.1. The first-order chi connectivity index (χ1) is 17.8. The van der Waals surface area contributed by atoms with Crippen molar-refractivity contribution in [3.63, 3.8) is 0 Å². The van der Waals surface area contributed by atoms with Crippen LogP contribution in [0.15, 0.2) is 97.1 Å². The highest BCUT2D eigenvalue weighted by molar-refractivity contribution is 7.26. The second kappa shape index (κ2) is 8.54. The van der Waals surface area contributed by atoms with E-state index < -0.39 is 0 Å². The maximum atomic E-state index is 10.5. The zero-order valence-electron chi connectivity index (χ0n) is 19.4. The topological polar surface area (TPSA) is 40.5 Å². The standard InChI is InChI=1S/C32H22O2S2/c33-17-19-16-28(26-12-6-10-24-22-8-2-4-14-30(22)36-32(24)26)20(18-34)15-27(19)25-11-5-9-23-21-7-1-3-13-29(21)35-31(23)25/h1-16,33-34H,17-18H2. The molecule has 2 nitrogen and oxygen atoms in total. The van der Waals surface area contributed by atoms with Gasteiger partial charge in [-0.15, -0.1) is 22.7 Å². The molecule has 0 aliphatic rings. The molecule has 36 heavy (non-hydrogen) atoms. The summed E-state index contributed by atoms with van der Waals surface area (Å²) in [4.78, 5) is 0. The molecular formula is C32H22O2S2. The number of hydrogen-bond acceptors (Lipinski definition) is 4. The Kier molecular flexibility index (Phi) is 5.15. The minimum absolute atomic E-state index is 0.0717. The Hall–Kier alpha value is -3.54. The van der Waals surface area contributed by atoms with Crippen LogP contribution in [0.25, 0.3) is 62.6 Å². The maximum absolute atomic E-state index is 10.5. The van der Waals surface area contributed by atoms with Gasteiger partial charge in [0, 0.05) is 40.3 Å². The van der Waals surface area contributed by atoms with Gasteiger partial charge < -0.3 is 10.2 Å². The van der Waals surface area contributed by atoms with Gasteiger partial charge in [-0.05, 0) is 57.6 Å². The molecule has 174 valence electrons. The Morgan fingerprint density at radius 2 is 0.861 bits per heavy atom. The average molecular weight is 503 g/mol. The van der Waals surface area contributed by atoms with E-state index in [1.54, 1.807) is 22.7 Å². The average Bonchev–Trinajstić information content (AvgIpc) is 3.51. The molecule has 2 heterocycles. The van der Waals surface area contributed by atoms with E-state index in [9.17, 15) is 10.2 Å². The highest BCUT2D eigenvalue weighted by Gasteiger charge is 2.18. The summed E-state index contributed by atoms with van der Waals surface area (Å²) < 4.78 is 4.91. The van der Waals surface area contributed by atoms with E-state index in [0.29, 0.717) is 0 Å². The predicted molar refractivity (Wildman–Crippen MR) is 155 cm³/mol. The summed E-state index contributed by atoms with van der Waals surface area (Å²) in [6.07, 6.45) is 0. The fraction of sp³-hybridized carbons (Fsp3) is 0.0625. The summed E-state index contributed by atoms with van der Waals surface area (Å²) in [5, 5.41) is 25.9. The predicted octanol–water partition coefficient (Wildman–Crippen LogP) is 8.74. The number of thiophene rings is 2. The SMILES string of the molecule is OCc1cc(-c2cccc3c2sc2ccccc23)c(CO)cc1-c1cccc2c1sc1ccccc12. The van der Waals surface area contributed by atoms with Gasteiger partial charge in [0.15, 0.2) is 0 Å². The summed E-state index contributed by atoms with van der Waals surface area (Å²) >= 11 is 3.56. The van der Waals surface area contributed by atoms with E-state index in [-0.39, 0.29) is 13.2 Å². The number of aliphatic hydroxyl groups is 2. The van der Waals surface area contributed by atoms with Crippen molar-refractivity contribution in [3.05, 3.63) is 108 Å². The van der Waals surface area contributed by atoms with Crippen molar-refractivity contribution in [1.29, 1.82) is 0 Å². The van der Waals surface area contributed by atoms with Gasteiger partial charge in [-0.2, -0.15) is 0 Å². The molecule has 0 bridgehead atoms. The molecule has 7 rings (SSSR count). The molecule has 0 atom stereocenters. The Morgan fingerprint density at radius 3 is 1.31 bits per heavy atom. The molecule has 5 aromatic carbocycles.